The molecule has 1 aliphatic heterocycles. The van der Waals surface area contributed by atoms with Gasteiger partial charge in [-0.2, -0.15) is 5.26 Å². The minimum absolute atomic E-state index is 0.00642. The Balaban J connectivity index is 1.61. The molecule has 0 fully saturated rings. The largest absolute Gasteiger partial charge is 0.346 e. The van der Waals surface area contributed by atoms with Crippen LogP contribution in [0.25, 0.3) is 16.6 Å². The highest BCUT2D eigenvalue weighted by Crippen LogP contribution is 2.32. The van der Waals surface area contributed by atoms with Crippen LogP contribution in [0.5, 0.6) is 0 Å². The van der Waals surface area contributed by atoms with Crippen molar-refractivity contribution < 1.29 is 4.21 Å². The third kappa shape index (κ3) is 5.74. The molecule has 0 saturated heterocycles. The number of aromatic nitrogens is 3. The Morgan fingerprint density at radius 1 is 1.31 bits per heavy atom. The maximum absolute atomic E-state index is 13.2. The van der Waals surface area contributed by atoms with Crippen LogP contribution in [0.3, 0.4) is 0 Å². The molecule has 0 spiro atoms. The van der Waals surface area contributed by atoms with E-state index < -0.39 is 10.8 Å². The topological polar surface area (TPSA) is 107 Å². The van der Waals surface area contributed by atoms with Gasteiger partial charge in [-0.15, -0.1) is 0 Å². The van der Waals surface area contributed by atoms with Crippen molar-refractivity contribution in [2.24, 2.45) is 21.8 Å². The Hall–Kier alpha value is -3.70. The van der Waals surface area contributed by atoms with Gasteiger partial charge in [0.25, 0.3) is 0 Å². The molecule has 4 unspecified atom stereocenters. The molecule has 36 heavy (non-hydrogen) atoms. The third-order valence-corrected chi connectivity index (χ3v) is 8.10. The minimum atomic E-state index is -1.19. The fraction of sp³-hybridized carbons (Fsp3) is 0.321. The van der Waals surface area contributed by atoms with E-state index in [0.29, 0.717) is 13.0 Å². The van der Waals surface area contributed by atoms with Crippen LogP contribution in [0.2, 0.25) is 0 Å². The van der Waals surface area contributed by atoms with Crippen molar-refractivity contribution in [1.82, 2.24) is 15.0 Å². The number of nitrogens with one attached hydrogen (secondary N) is 1. The van der Waals surface area contributed by atoms with Crippen molar-refractivity contribution in [2.45, 2.75) is 36.3 Å². The molecule has 3 aromatic rings. The Kier molecular flexibility index (Phi) is 8.69. The van der Waals surface area contributed by atoms with Gasteiger partial charge in [0.05, 0.1) is 34.4 Å². The number of benzene rings is 1. The molecule has 0 saturated carbocycles. The van der Waals surface area contributed by atoms with Crippen molar-refractivity contribution in [3.63, 3.8) is 0 Å². The predicted octanol–water partition coefficient (Wildman–Crippen LogP) is 5.18. The molecular formula is C28H30N6OS. The predicted molar refractivity (Wildman–Crippen MR) is 146 cm³/mol. The number of aromatic amines is 1. The molecule has 1 aliphatic rings. The van der Waals surface area contributed by atoms with Crippen LogP contribution in [0, 0.1) is 23.2 Å². The molecule has 7 nitrogen and oxygen atoms in total. The number of rotatable bonds is 10. The van der Waals surface area contributed by atoms with E-state index in [1.807, 2.05) is 55.0 Å². The highest BCUT2D eigenvalue weighted by molar-refractivity contribution is 7.86. The molecule has 1 N–H and O–H groups in total. The van der Waals surface area contributed by atoms with Gasteiger partial charge in [-0.1, -0.05) is 43.7 Å². The second kappa shape index (κ2) is 12.3. The zero-order valence-corrected chi connectivity index (χ0v) is 21.4. The van der Waals surface area contributed by atoms with Gasteiger partial charge in [-0.25, -0.2) is 9.97 Å². The molecule has 8 heteroatoms. The monoisotopic (exact) mass is 498 g/mol. The summed E-state index contributed by atoms with van der Waals surface area (Å²) in [6, 6.07) is 13.8. The first-order valence-corrected chi connectivity index (χ1v) is 13.3. The Bertz CT molecular complexity index is 1370. The number of hydrogen-bond acceptors (Lipinski definition) is 6. The van der Waals surface area contributed by atoms with Crippen molar-refractivity contribution in [3.8, 4) is 6.07 Å². The van der Waals surface area contributed by atoms with Gasteiger partial charge in [0.15, 0.2) is 0 Å². The molecule has 4 rings (SSSR count). The van der Waals surface area contributed by atoms with Crippen LogP contribution >= 0.6 is 0 Å². The molecule has 184 valence electrons. The zero-order valence-electron chi connectivity index (χ0n) is 20.5. The molecule has 2 aromatic heterocycles. The van der Waals surface area contributed by atoms with Gasteiger partial charge in [-0.05, 0) is 36.1 Å². The summed E-state index contributed by atoms with van der Waals surface area (Å²) in [4.78, 5) is 21.5. The fourth-order valence-electron chi connectivity index (χ4n) is 4.65. The number of dihydropyridines is 1. The first kappa shape index (κ1) is 25.4. The Morgan fingerprint density at radius 3 is 2.89 bits per heavy atom. The standard InChI is InChI=1S/C28H30N6OS/c1-3-20(9-10-21(16-30-2)27-26-12-14-32-28(26)34-19-33-27)25(11-13-29)22-15-24(18-31-17-22)36(35)23-7-5-4-6-8-23/h4-8,10,12,14-17,19-20,24-25H,3,9,11,18H2,1-2H3,(H,32,33,34)/b21-10+,30-16?. The molecular weight excluding hydrogens is 468 g/mol. The highest BCUT2D eigenvalue weighted by Gasteiger charge is 2.27. The molecule has 1 aromatic carbocycles. The minimum Gasteiger partial charge on any atom is -0.346 e. The maximum Gasteiger partial charge on any atom is 0.141 e. The number of nitriles is 1. The van der Waals surface area contributed by atoms with Gasteiger partial charge in [0, 0.05) is 53.9 Å². The maximum atomic E-state index is 13.2. The van der Waals surface area contributed by atoms with E-state index in [2.05, 4.69) is 50.1 Å². The lowest BCUT2D eigenvalue weighted by atomic mass is 9.79. The van der Waals surface area contributed by atoms with Crippen molar-refractivity contribution >= 4 is 39.8 Å². The van der Waals surface area contributed by atoms with E-state index in [0.717, 1.165) is 45.6 Å². The Labute approximate surface area is 214 Å². The van der Waals surface area contributed by atoms with Gasteiger partial charge >= 0.3 is 0 Å². The molecule has 4 atom stereocenters. The number of H-pyrrole nitrogens is 1. The number of nitrogens with zero attached hydrogens (tertiary/aromatic N) is 5. The molecule has 3 heterocycles. The second-order valence-electron chi connectivity index (χ2n) is 8.69. The average Bonchev–Trinajstić information content (AvgIpc) is 3.41. The van der Waals surface area contributed by atoms with E-state index in [1.165, 1.54) is 0 Å². The molecule has 0 aliphatic carbocycles. The summed E-state index contributed by atoms with van der Waals surface area (Å²) in [6.07, 6.45) is 13.3. The number of aliphatic imine (C=N–C) groups is 2. The Morgan fingerprint density at radius 2 is 2.14 bits per heavy atom. The van der Waals surface area contributed by atoms with E-state index in [1.54, 1.807) is 13.4 Å². The fourth-order valence-corrected chi connectivity index (χ4v) is 5.93. The van der Waals surface area contributed by atoms with Crippen molar-refractivity contribution in [3.05, 3.63) is 72.3 Å². The molecule has 0 amide bonds. The molecule has 0 bridgehead atoms. The lowest BCUT2D eigenvalue weighted by Gasteiger charge is -2.27. The summed E-state index contributed by atoms with van der Waals surface area (Å²) in [7, 11) is 0.552. The van der Waals surface area contributed by atoms with Gasteiger partial charge in [0.2, 0.25) is 0 Å². The summed E-state index contributed by atoms with van der Waals surface area (Å²) in [5.41, 5.74) is 3.53. The van der Waals surface area contributed by atoms with E-state index in [-0.39, 0.29) is 17.1 Å². The van der Waals surface area contributed by atoms with E-state index >= 15 is 0 Å². The van der Waals surface area contributed by atoms with Crippen LogP contribution in [0.1, 0.15) is 31.9 Å². The van der Waals surface area contributed by atoms with Crippen LogP contribution in [-0.2, 0) is 10.8 Å². The second-order valence-corrected chi connectivity index (χ2v) is 10.4. The van der Waals surface area contributed by atoms with Gasteiger partial charge in [0.1, 0.15) is 12.0 Å². The van der Waals surface area contributed by atoms with Crippen molar-refractivity contribution in [1.29, 1.82) is 5.26 Å². The first-order chi connectivity index (χ1) is 17.7. The normalized spacial score (nSPS) is 18.6. The summed E-state index contributed by atoms with van der Waals surface area (Å²) < 4.78 is 13.2. The lowest BCUT2D eigenvalue weighted by Crippen LogP contribution is -2.25. The third-order valence-electron chi connectivity index (χ3n) is 6.52. The molecule has 0 radical (unpaired) electrons. The summed E-state index contributed by atoms with van der Waals surface area (Å²) >= 11 is 0. The van der Waals surface area contributed by atoms with Gasteiger partial charge < -0.3 is 4.98 Å². The van der Waals surface area contributed by atoms with Crippen LogP contribution in [-0.4, -0.2) is 50.4 Å². The highest BCUT2D eigenvalue weighted by atomic mass is 32.2. The summed E-state index contributed by atoms with van der Waals surface area (Å²) in [6.45, 7) is 2.63. The number of hydrogen-bond donors (Lipinski definition) is 1. The average molecular weight is 499 g/mol. The van der Waals surface area contributed by atoms with Crippen molar-refractivity contribution in [2.75, 3.05) is 13.6 Å². The lowest BCUT2D eigenvalue weighted by molar-refractivity contribution is 0.382. The van der Waals surface area contributed by atoms with E-state index in [9.17, 15) is 9.47 Å². The van der Waals surface area contributed by atoms with Crippen LogP contribution in [0.15, 0.2) is 81.5 Å². The quantitative estimate of drug-likeness (QED) is 0.389. The van der Waals surface area contributed by atoms with Gasteiger partial charge in [-0.3, -0.25) is 14.2 Å². The number of allylic oxidation sites excluding steroid dienone is 3. The van der Waals surface area contributed by atoms with E-state index in [4.69, 9.17) is 0 Å². The van der Waals surface area contributed by atoms with Crippen LogP contribution in [0.4, 0.5) is 0 Å². The van der Waals surface area contributed by atoms with Crippen LogP contribution < -0.4 is 0 Å². The zero-order chi connectivity index (χ0) is 25.3. The smallest absolute Gasteiger partial charge is 0.141 e. The SMILES string of the molecule is CCC(C/C=C(\C=NC)c1ncnc2[nH]ccc12)C(CC#N)C1=CC(S(=O)c2ccccc2)CN=C1. The first-order valence-electron chi connectivity index (χ1n) is 12.1. The summed E-state index contributed by atoms with van der Waals surface area (Å²) in [5.74, 6) is 0.197. The number of fused-ring (bicyclic) bond motifs is 1. The summed E-state index contributed by atoms with van der Waals surface area (Å²) in [5, 5.41) is 10.4.